The lowest BCUT2D eigenvalue weighted by atomic mass is 10.2. The number of aromatic nitrogens is 4. The highest BCUT2D eigenvalue weighted by molar-refractivity contribution is 7.10. The van der Waals surface area contributed by atoms with Crippen LogP contribution in [0.5, 0.6) is 0 Å². The number of nitrogens with one attached hydrogen (secondary N) is 1. The van der Waals surface area contributed by atoms with Gasteiger partial charge >= 0.3 is 0 Å². The van der Waals surface area contributed by atoms with E-state index in [-0.39, 0.29) is 23.8 Å². The van der Waals surface area contributed by atoms with Crippen LogP contribution in [0.3, 0.4) is 0 Å². The number of hydrogen-bond acceptors (Lipinski definition) is 8. The summed E-state index contributed by atoms with van der Waals surface area (Å²) in [5, 5.41) is 10.7. The third kappa shape index (κ3) is 3.22. The van der Waals surface area contributed by atoms with E-state index in [1.165, 1.54) is 11.5 Å². The summed E-state index contributed by atoms with van der Waals surface area (Å²) in [6.07, 6.45) is 3.97. The van der Waals surface area contributed by atoms with Crippen molar-refractivity contribution in [3.63, 3.8) is 0 Å². The second-order valence-electron chi connectivity index (χ2n) is 5.83. The quantitative estimate of drug-likeness (QED) is 0.874. The number of nitrogens with zero attached hydrogens (tertiary/aromatic N) is 5. The van der Waals surface area contributed by atoms with Gasteiger partial charge in [0.05, 0.1) is 6.04 Å². The molecule has 1 amide bonds. The Hall–Kier alpha value is -1.58. The van der Waals surface area contributed by atoms with Gasteiger partial charge in [-0.05, 0) is 32.2 Å². The molecule has 4 rings (SSSR count). The van der Waals surface area contributed by atoms with Crippen molar-refractivity contribution in [3.8, 4) is 0 Å². The fourth-order valence-corrected chi connectivity index (χ4v) is 3.33. The van der Waals surface area contributed by atoms with E-state index in [1.54, 1.807) is 0 Å². The predicted molar refractivity (Wildman–Crippen MR) is 82.1 cm³/mol. The maximum absolute atomic E-state index is 12.0. The first-order valence-corrected chi connectivity index (χ1v) is 8.71. The maximum Gasteiger partial charge on any atom is 0.292 e. The van der Waals surface area contributed by atoms with Gasteiger partial charge in [0, 0.05) is 24.1 Å². The Kier molecular flexibility index (Phi) is 4.00. The van der Waals surface area contributed by atoms with Crippen LogP contribution in [0, 0.1) is 0 Å². The molecular formula is C13H15ClN6O2S. The summed E-state index contributed by atoms with van der Waals surface area (Å²) in [6.45, 7) is 1.48. The predicted octanol–water partition coefficient (Wildman–Crippen LogP) is 1.80. The molecular weight excluding hydrogens is 340 g/mol. The molecule has 1 saturated carbocycles. The third-order valence-corrected chi connectivity index (χ3v) is 5.05. The van der Waals surface area contributed by atoms with Crippen molar-refractivity contribution in [1.82, 2.24) is 29.9 Å². The Labute approximate surface area is 141 Å². The van der Waals surface area contributed by atoms with E-state index in [0.29, 0.717) is 16.8 Å². The van der Waals surface area contributed by atoms with Crippen molar-refractivity contribution in [2.24, 2.45) is 0 Å². The van der Waals surface area contributed by atoms with Crippen molar-refractivity contribution >= 4 is 29.0 Å². The fourth-order valence-electron chi connectivity index (χ4n) is 2.72. The molecule has 0 bridgehead atoms. The first-order valence-electron chi connectivity index (χ1n) is 7.56. The van der Waals surface area contributed by atoms with Gasteiger partial charge in [0.25, 0.3) is 11.7 Å². The zero-order valence-corrected chi connectivity index (χ0v) is 13.8. The van der Waals surface area contributed by atoms with Crippen LogP contribution in [0.1, 0.15) is 53.9 Å². The molecule has 3 heterocycles. The van der Waals surface area contributed by atoms with Crippen molar-refractivity contribution in [1.29, 1.82) is 0 Å². The lowest BCUT2D eigenvalue weighted by molar-refractivity contribution is 0.0937. The highest BCUT2D eigenvalue weighted by Crippen LogP contribution is 2.33. The molecule has 1 saturated heterocycles. The lowest BCUT2D eigenvalue weighted by Gasteiger charge is -2.19. The van der Waals surface area contributed by atoms with Crippen LogP contribution in [-0.2, 0) is 6.54 Å². The van der Waals surface area contributed by atoms with Gasteiger partial charge in [-0.2, -0.15) is 4.98 Å². The van der Waals surface area contributed by atoms with E-state index < -0.39 is 0 Å². The largest absolute Gasteiger partial charge is 0.346 e. The van der Waals surface area contributed by atoms with Gasteiger partial charge in [-0.1, -0.05) is 21.2 Å². The van der Waals surface area contributed by atoms with Crippen LogP contribution in [0.25, 0.3) is 0 Å². The van der Waals surface area contributed by atoms with Gasteiger partial charge in [0.2, 0.25) is 5.89 Å². The minimum Gasteiger partial charge on any atom is -0.346 e. The standard InChI is InChI=1S/C13H15ClN6O2S/c14-10-8(17-19-23-10)6-20-5-1-2-9(20)13-16-11(18-22-13)12(21)15-7-3-4-7/h7,9H,1-6H2,(H,15,21). The minimum absolute atomic E-state index is 0.0114. The van der Waals surface area contributed by atoms with E-state index in [1.807, 2.05) is 0 Å². The molecule has 0 aromatic carbocycles. The molecule has 2 aromatic rings. The fraction of sp³-hybridized carbons (Fsp3) is 0.615. The second kappa shape index (κ2) is 6.14. The second-order valence-corrected chi connectivity index (χ2v) is 7.18. The SMILES string of the molecule is O=C(NC1CC1)c1noc(C2CCCN2Cc2nnsc2Cl)n1. The molecule has 8 nitrogen and oxygen atoms in total. The molecule has 10 heteroatoms. The van der Waals surface area contributed by atoms with Crippen LogP contribution in [0.4, 0.5) is 0 Å². The highest BCUT2D eigenvalue weighted by atomic mass is 35.5. The molecule has 0 spiro atoms. The number of carbonyl (C=O) groups excluding carboxylic acids is 1. The van der Waals surface area contributed by atoms with Crippen molar-refractivity contribution in [2.45, 2.75) is 44.3 Å². The first kappa shape index (κ1) is 15.0. The van der Waals surface area contributed by atoms with Crippen LogP contribution in [0.2, 0.25) is 4.34 Å². The Morgan fingerprint density at radius 2 is 2.30 bits per heavy atom. The Morgan fingerprint density at radius 3 is 3.04 bits per heavy atom. The van der Waals surface area contributed by atoms with Crippen molar-refractivity contribution < 1.29 is 9.32 Å². The average Bonchev–Trinajstić information content (AvgIpc) is 2.96. The summed E-state index contributed by atoms with van der Waals surface area (Å²) in [4.78, 5) is 18.4. The van der Waals surface area contributed by atoms with Crippen LogP contribution >= 0.6 is 23.1 Å². The number of carbonyl (C=O) groups is 1. The van der Waals surface area contributed by atoms with E-state index in [2.05, 4.69) is 29.9 Å². The van der Waals surface area contributed by atoms with Crippen LogP contribution in [0.15, 0.2) is 4.52 Å². The molecule has 1 aliphatic heterocycles. The van der Waals surface area contributed by atoms with Gasteiger partial charge in [-0.3, -0.25) is 9.69 Å². The summed E-state index contributed by atoms with van der Waals surface area (Å²) in [5.41, 5.74) is 0.759. The summed E-state index contributed by atoms with van der Waals surface area (Å²) in [7, 11) is 0. The zero-order chi connectivity index (χ0) is 15.8. The minimum atomic E-state index is -0.265. The Balaban J connectivity index is 1.46. The highest BCUT2D eigenvalue weighted by Gasteiger charge is 2.33. The average molecular weight is 355 g/mol. The molecule has 2 fully saturated rings. The lowest BCUT2D eigenvalue weighted by Crippen LogP contribution is -2.27. The molecule has 1 aliphatic carbocycles. The summed E-state index contributed by atoms with van der Waals surface area (Å²) in [6, 6.07) is 0.259. The first-order chi connectivity index (χ1) is 11.2. The summed E-state index contributed by atoms with van der Waals surface area (Å²) < 4.78 is 9.77. The van der Waals surface area contributed by atoms with E-state index in [0.717, 1.165) is 37.9 Å². The van der Waals surface area contributed by atoms with Crippen LogP contribution < -0.4 is 5.32 Å². The topological polar surface area (TPSA) is 97.0 Å². The van der Waals surface area contributed by atoms with Crippen molar-refractivity contribution in [3.05, 3.63) is 21.7 Å². The normalized spacial score (nSPS) is 21.7. The monoisotopic (exact) mass is 354 g/mol. The summed E-state index contributed by atoms with van der Waals surface area (Å²) in [5.74, 6) is 0.314. The molecule has 23 heavy (non-hydrogen) atoms. The molecule has 0 radical (unpaired) electrons. The smallest absolute Gasteiger partial charge is 0.292 e. The van der Waals surface area contributed by atoms with Gasteiger partial charge in [-0.15, -0.1) is 5.10 Å². The molecule has 2 aliphatic rings. The Bertz CT molecular complexity index is 715. The number of amides is 1. The van der Waals surface area contributed by atoms with Gasteiger partial charge in [0.15, 0.2) is 0 Å². The molecule has 1 atom stereocenters. The maximum atomic E-state index is 12.0. The Morgan fingerprint density at radius 1 is 1.43 bits per heavy atom. The van der Waals surface area contributed by atoms with E-state index in [9.17, 15) is 4.79 Å². The number of rotatable bonds is 5. The number of hydrogen-bond donors (Lipinski definition) is 1. The van der Waals surface area contributed by atoms with Gasteiger partial charge in [-0.25, -0.2) is 0 Å². The summed E-state index contributed by atoms with van der Waals surface area (Å²) >= 11 is 7.25. The van der Waals surface area contributed by atoms with Crippen LogP contribution in [-0.4, -0.2) is 43.1 Å². The molecule has 1 unspecified atom stereocenters. The zero-order valence-electron chi connectivity index (χ0n) is 12.2. The van der Waals surface area contributed by atoms with E-state index >= 15 is 0 Å². The van der Waals surface area contributed by atoms with E-state index in [4.69, 9.17) is 16.1 Å². The molecule has 1 N–H and O–H groups in total. The van der Waals surface area contributed by atoms with Gasteiger partial charge in [0.1, 0.15) is 10.0 Å². The molecule has 2 aromatic heterocycles. The van der Waals surface area contributed by atoms with Crippen molar-refractivity contribution in [2.75, 3.05) is 6.54 Å². The number of likely N-dealkylation sites (tertiary alicyclic amines) is 1. The third-order valence-electron chi connectivity index (χ3n) is 4.07. The van der Waals surface area contributed by atoms with Gasteiger partial charge < -0.3 is 9.84 Å². The number of halogens is 1. The molecule has 122 valence electrons.